The normalized spacial score (nSPS) is 9.87. The lowest BCUT2D eigenvalue weighted by molar-refractivity contribution is -0.119. The van der Waals surface area contributed by atoms with Crippen LogP contribution in [0.4, 0.5) is 5.82 Å². The molecule has 1 amide bonds. The van der Waals surface area contributed by atoms with Crippen molar-refractivity contribution in [3.8, 4) is 0 Å². The van der Waals surface area contributed by atoms with E-state index >= 15 is 0 Å². The van der Waals surface area contributed by atoms with Gasteiger partial charge in [0.05, 0.1) is 11.0 Å². The van der Waals surface area contributed by atoms with Gasteiger partial charge in [-0.15, -0.1) is 0 Å². The molecular weight excluding hydrogens is 326 g/mol. The van der Waals surface area contributed by atoms with Crippen LogP contribution in [0.3, 0.4) is 0 Å². The molecule has 6 heteroatoms. The van der Waals surface area contributed by atoms with Gasteiger partial charge < -0.3 is 10.2 Å². The lowest BCUT2D eigenvalue weighted by Crippen LogP contribution is -2.33. The predicted molar refractivity (Wildman–Crippen MR) is 67.0 cm³/mol. The number of hydrogen-bond donors (Lipinski definition) is 1. The minimum Gasteiger partial charge on any atom is -0.358 e. The highest BCUT2D eigenvalue weighted by Gasteiger charge is 2.10. The van der Waals surface area contributed by atoms with Crippen LogP contribution in [0, 0.1) is 0 Å². The van der Waals surface area contributed by atoms with Crippen LogP contribution >= 0.6 is 31.9 Å². The number of carbonyl (C=O) groups excluding carboxylic acids is 1. The Labute approximate surface area is 105 Å². The summed E-state index contributed by atoms with van der Waals surface area (Å²) in [5.74, 6) is 0.691. The van der Waals surface area contributed by atoms with Crippen molar-refractivity contribution in [1.29, 1.82) is 0 Å². The number of aromatic nitrogens is 1. The molecule has 0 aliphatic carbocycles. The summed E-state index contributed by atoms with van der Waals surface area (Å²) >= 11 is 6.71. The topological polar surface area (TPSA) is 45.2 Å². The molecule has 0 spiro atoms. The molecule has 0 aliphatic heterocycles. The summed E-state index contributed by atoms with van der Waals surface area (Å²) < 4.78 is 1.75. The van der Waals surface area contributed by atoms with Gasteiger partial charge in [0.25, 0.3) is 0 Å². The first-order chi connectivity index (χ1) is 7.04. The first-order valence-electron chi connectivity index (χ1n) is 4.27. The highest BCUT2D eigenvalue weighted by Crippen LogP contribution is 2.25. The number of carbonyl (C=O) groups is 1. The van der Waals surface area contributed by atoms with Crippen LogP contribution in [-0.2, 0) is 4.79 Å². The van der Waals surface area contributed by atoms with E-state index in [1.54, 1.807) is 18.1 Å². The average molecular weight is 337 g/mol. The molecule has 4 nitrogen and oxygen atoms in total. The van der Waals surface area contributed by atoms with E-state index in [9.17, 15) is 4.79 Å². The Bertz CT molecular complexity index is 370. The van der Waals surface area contributed by atoms with E-state index in [1.807, 2.05) is 13.1 Å². The van der Waals surface area contributed by atoms with E-state index in [-0.39, 0.29) is 12.5 Å². The van der Waals surface area contributed by atoms with Crippen LogP contribution in [0.5, 0.6) is 0 Å². The summed E-state index contributed by atoms with van der Waals surface area (Å²) in [6.45, 7) is 0.281. The molecule has 0 unspecified atom stereocenters. The third kappa shape index (κ3) is 3.46. The molecule has 0 saturated carbocycles. The molecule has 82 valence electrons. The molecule has 0 fully saturated rings. The largest absolute Gasteiger partial charge is 0.358 e. The first kappa shape index (κ1) is 12.4. The molecule has 1 N–H and O–H groups in total. The maximum atomic E-state index is 11.2. The van der Waals surface area contributed by atoms with Crippen LogP contribution in [-0.4, -0.2) is 31.5 Å². The number of rotatable bonds is 3. The van der Waals surface area contributed by atoms with Gasteiger partial charge in [-0.2, -0.15) is 0 Å². The average Bonchev–Trinajstić information content (AvgIpc) is 2.17. The van der Waals surface area contributed by atoms with E-state index in [1.165, 1.54) is 0 Å². The number of likely N-dealkylation sites (N-methyl/N-ethyl adjacent to an activating group) is 2. The number of nitrogens with zero attached hydrogens (tertiary/aromatic N) is 2. The summed E-state index contributed by atoms with van der Waals surface area (Å²) in [6.07, 6.45) is 1.69. The second-order valence-electron chi connectivity index (χ2n) is 2.99. The molecule has 0 bridgehead atoms. The third-order valence-corrected chi connectivity index (χ3v) is 2.83. The Morgan fingerprint density at radius 1 is 1.60 bits per heavy atom. The molecule has 1 aromatic heterocycles. The van der Waals surface area contributed by atoms with E-state index in [2.05, 4.69) is 42.2 Å². The zero-order valence-corrected chi connectivity index (χ0v) is 11.6. The number of halogens is 2. The Hall–Kier alpha value is -0.620. The van der Waals surface area contributed by atoms with Gasteiger partial charge in [-0.25, -0.2) is 4.98 Å². The molecule has 0 saturated heterocycles. The van der Waals surface area contributed by atoms with Crippen molar-refractivity contribution in [2.75, 3.05) is 25.5 Å². The van der Waals surface area contributed by atoms with Crippen molar-refractivity contribution in [3.05, 3.63) is 21.2 Å². The zero-order valence-electron chi connectivity index (χ0n) is 8.42. The minimum absolute atomic E-state index is 0.0471. The van der Waals surface area contributed by atoms with E-state index in [4.69, 9.17) is 0 Å². The number of hydrogen-bond acceptors (Lipinski definition) is 3. The van der Waals surface area contributed by atoms with Gasteiger partial charge in [0.15, 0.2) is 0 Å². The Kier molecular flexibility index (Phi) is 4.53. The van der Waals surface area contributed by atoms with Crippen molar-refractivity contribution in [3.63, 3.8) is 0 Å². The Balaban J connectivity index is 2.82. The van der Waals surface area contributed by atoms with Gasteiger partial charge in [0, 0.05) is 24.8 Å². The molecular formula is C9H11Br2N3O. The van der Waals surface area contributed by atoms with Crippen molar-refractivity contribution in [1.82, 2.24) is 10.3 Å². The fourth-order valence-electron chi connectivity index (χ4n) is 1.06. The maximum absolute atomic E-state index is 11.2. The Morgan fingerprint density at radius 3 is 2.80 bits per heavy atom. The van der Waals surface area contributed by atoms with Gasteiger partial charge in [-0.1, -0.05) is 0 Å². The SMILES string of the molecule is CNC(=O)CN(C)c1ncc(Br)cc1Br. The fourth-order valence-corrected chi connectivity index (χ4v) is 2.35. The van der Waals surface area contributed by atoms with Crippen molar-refractivity contribution < 1.29 is 4.79 Å². The molecule has 1 rings (SSSR count). The fraction of sp³-hybridized carbons (Fsp3) is 0.333. The van der Waals surface area contributed by atoms with Gasteiger partial charge in [0.1, 0.15) is 5.82 Å². The first-order valence-corrected chi connectivity index (χ1v) is 5.86. The molecule has 0 aliphatic rings. The zero-order chi connectivity index (χ0) is 11.4. The molecule has 0 radical (unpaired) electrons. The van der Waals surface area contributed by atoms with Gasteiger partial charge in [0.2, 0.25) is 5.91 Å². The molecule has 0 atom stereocenters. The van der Waals surface area contributed by atoms with Crippen LogP contribution in [0.25, 0.3) is 0 Å². The maximum Gasteiger partial charge on any atom is 0.239 e. The van der Waals surface area contributed by atoms with Gasteiger partial charge >= 0.3 is 0 Å². The van der Waals surface area contributed by atoms with Crippen molar-refractivity contribution >= 4 is 43.6 Å². The van der Waals surface area contributed by atoms with Gasteiger partial charge in [-0.3, -0.25) is 4.79 Å². The van der Waals surface area contributed by atoms with E-state index < -0.39 is 0 Å². The second kappa shape index (κ2) is 5.46. The van der Waals surface area contributed by atoms with Crippen molar-refractivity contribution in [2.24, 2.45) is 0 Å². The summed E-state index contributed by atoms with van der Waals surface area (Å²) in [7, 11) is 3.43. The Morgan fingerprint density at radius 2 is 2.27 bits per heavy atom. The standard InChI is InChI=1S/C9H11Br2N3O/c1-12-8(15)5-14(2)9-7(11)3-6(10)4-13-9/h3-4H,5H2,1-2H3,(H,12,15). The summed E-state index contributed by atoms with van der Waals surface area (Å²) in [4.78, 5) is 17.2. The summed E-state index contributed by atoms with van der Waals surface area (Å²) in [6, 6.07) is 1.89. The third-order valence-electron chi connectivity index (χ3n) is 1.81. The van der Waals surface area contributed by atoms with Gasteiger partial charge in [-0.05, 0) is 37.9 Å². The molecule has 1 aromatic rings. The van der Waals surface area contributed by atoms with Crippen LogP contribution in [0.15, 0.2) is 21.2 Å². The quantitative estimate of drug-likeness (QED) is 0.915. The van der Waals surface area contributed by atoms with Crippen LogP contribution in [0.2, 0.25) is 0 Å². The van der Waals surface area contributed by atoms with Crippen molar-refractivity contribution in [2.45, 2.75) is 0 Å². The highest BCUT2D eigenvalue weighted by molar-refractivity contribution is 9.11. The monoisotopic (exact) mass is 335 g/mol. The van der Waals surface area contributed by atoms with Crippen LogP contribution < -0.4 is 10.2 Å². The van der Waals surface area contributed by atoms with E-state index in [0.29, 0.717) is 0 Å². The van der Waals surface area contributed by atoms with Crippen LogP contribution in [0.1, 0.15) is 0 Å². The smallest absolute Gasteiger partial charge is 0.239 e. The lowest BCUT2D eigenvalue weighted by Gasteiger charge is -2.18. The molecule has 1 heterocycles. The lowest BCUT2D eigenvalue weighted by atomic mass is 10.4. The highest BCUT2D eigenvalue weighted by atomic mass is 79.9. The summed E-state index contributed by atoms with van der Waals surface area (Å²) in [5, 5.41) is 2.56. The predicted octanol–water partition coefficient (Wildman–Crippen LogP) is 1.79. The number of amides is 1. The summed E-state index contributed by atoms with van der Waals surface area (Å²) in [5.41, 5.74) is 0. The number of nitrogens with one attached hydrogen (secondary N) is 1. The van der Waals surface area contributed by atoms with E-state index in [0.717, 1.165) is 14.8 Å². The number of pyridine rings is 1. The molecule has 15 heavy (non-hydrogen) atoms. The molecule has 0 aromatic carbocycles. The second-order valence-corrected chi connectivity index (χ2v) is 4.76. The number of anilines is 1. The minimum atomic E-state index is -0.0471.